The van der Waals surface area contributed by atoms with Gasteiger partial charge in [-0.15, -0.1) is 0 Å². The molecule has 0 amide bonds. The average Bonchev–Trinajstić information content (AvgIpc) is 2.36. The standard InChI is InChI=1S/C17H36N2/c1-8-14-10-11-15(18-9-2)16(12-14)19(7)13(3)17(4,5)6/h13-16,18H,8-12H2,1-7H3. The summed E-state index contributed by atoms with van der Waals surface area (Å²) in [6, 6.07) is 2.00. The molecule has 4 atom stereocenters. The fraction of sp³-hybridized carbons (Fsp3) is 1.00. The smallest absolute Gasteiger partial charge is 0.0251 e. The zero-order valence-electron chi connectivity index (χ0n) is 14.3. The molecule has 19 heavy (non-hydrogen) atoms. The Labute approximate surface area is 121 Å². The van der Waals surface area contributed by atoms with Gasteiger partial charge in [0.2, 0.25) is 0 Å². The molecule has 1 fully saturated rings. The van der Waals surface area contributed by atoms with Gasteiger partial charge in [-0.25, -0.2) is 0 Å². The molecule has 1 aliphatic rings. The van der Waals surface area contributed by atoms with Crippen molar-refractivity contribution in [3.05, 3.63) is 0 Å². The number of nitrogens with zero attached hydrogens (tertiary/aromatic N) is 1. The second-order valence-corrected chi connectivity index (χ2v) is 7.53. The lowest BCUT2D eigenvalue weighted by molar-refractivity contribution is 0.0443. The van der Waals surface area contributed by atoms with Crippen LogP contribution < -0.4 is 5.32 Å². The van der Waals surface area contributed by atoms with Gasteiger partial charge < -0.3 is 5.32 Å². The van der Waals surface area contributed by atoms with Crippen LogP contribution in [0.3, 0.4) is 0 Å². The largest absolute Gasteiger partial charge is 0.313 e. The fourth-order valence-electron chi connectivity index (χ4n) is 3.45. The molecule has 1 N–H and O–H groups in total. The van der Waals surface area contributed by atoms with Crippen molar-refractivity contribution in [2.75, 3.05) is 13.6 Å². The summed E-state index contributed by atoms with van der Waals surface area (Å²) in [7, 11) is 2.34. The molecule has 0 aromatic heterocycles. The summed E-state index contributed by atoms with van der Waals surface area (Å²) in [4.78, 5) is 2.65. The second kappa shape index (κ2) is 7.08. The van der Waals surface area contributed by atoms with Crippen LogP contribution >= 0.6 is 0 Å². The predicted molar refractivity (Wildman–Crippen MR) is 85.6 cm³/mol. The molecule has 0 spiro atoms. The Morgan fingerprint density at radius 3 is 2.32 bits per heavy atom. The van der Waals surface area contributed by atoms with Gasteiger partial charge in [0.1, 0.15) is 0 Å². The summed E-state index contributed by atoms with van der Waals surface area (Å²) >= 11 is 0. The van der Waals surface area contributed by atoms with Gasteiger partial charge in [0, 0.05) is 18.1 Å². The highest BCUT2D eigenvalue weighted by atomic mass is 15.2. The van der Waals surface area contributed by atoms with E-state index in [1.165, 1.54) is 25.7 Å². The van der Waals surface area contributed by atoms with Gasteiger partial charge in [0.15, 0.2) is 0 Å². The van der Waals surface area contributed by atoms with E-state index in [-0.39, 0.29) is 0 Å². The number of rotatable bonds is 5. The van der Waals surface area contributed by atoms with Crippen molar-refractivity contribution in [1.29, 1.82) is 0 Å². The van der Waals surface area contributed by atoms with Crippen LogP contribution in [0.1, 0.15) is 67.2 Å². The SMILES string of the molecule is CCNC1CCC(CC)CC1N(C)C(C)C(C)(C)C. The zero-order chi connectivity index (χ0) is 14.6. The lowest BCUT2D eigenvalue weighted by Crippen LogP contribution is -2.56. The molecule has 2 heteroatoms. The number of likely N-dealkylation sites (N-methyl/N-ethyl adjacent to an activating group) is 2. The van der Waals surface area contributed by atoms with Gasteiger partial charge >= 0.3 is 0 Å². The highest BCUT2D eigenvalue weighted by Gasteiger charge is 2.36. The van der Waals surface area contributed by atoms with Gasteiger partial charge in [-0.1, -0.05) is 41.0 Å². The first-order valence-electron chi connectivity index (χ1n) is 8.26. The molecule has 1 saturated carbocycles. The fourth-order valence-corrected chi connectivity index (χ4v) is 3.45. The van der Waals surface area contributed by atoms with E-state index in [0.717, 1.165) is 12.5 Å². The van der Waals surface area contributed by atoms with Crippen molar-refractivity contribution >= 4 is 0 Å². The highest BCUT2D eigenvalue weighted by molar-refractivity contribution is 4.93. The van der Waals surface area contributed by atoms with Crippen LogP contribution in [0.5, 0.6) is 0 Å². The Morgan fingerprint density at radius 2 is 1.84 bits per heavy atom. The third-order valence-electron chi connectivity index (χ3n) is 5.36. The Morgan fingerprint density at radius 1 is 1.21 bits per heavy atom. The van der Waals surface area contributed by atoms with Crippen molar-refractivity contribution in [2.45, 2.75) is 85.4 Å². The van der Waals surface area contributed by atoms with Crippen LogP contribution in [0.15, 0.2) is 0 Å². The normalized spacial score (nSPS) is 30.6. The monoisotopic (exact) mass is 268 g/mol. The Kier molecular flexibility index (Phi) is 6.32. The van der Waals surface area contributed by atoms with Crippen LogP contribution in [-0.2, 0) is 0 Å². The molecule has 2 nitrogen and oxygen atoms in total. The Balaban J connectivity index is 2.77. The molecule has 0 aliphatic heterocycles. The van der Waals surface area contributed by atoms with Crippen LogP contribution in [0.25, 0.3) is 0 Å². The van der Waals surface area contributed by atoms with E-state index in [1.807, 2.05) is 0 Å². The molecular formula is C17H36N2. The van der Waals surface area contributed by atoms with Crippen molar-refractivity contribution in [3.8, 4) is 0 Å². The van der Waals surface area contributed by atoms with Crippen molar-refractivity contribution in [1.82, 2.24) is 10.2 Å². The number of hydrogen-bond donors (Lipinski definition) is 1. The topological polar surface area (TPSA) is 15.3 Å². The number of hydrogen-bond acceptors (Lipinski definition) is 2. The van der Waals surface area contributed by atoms with Gasteiger partial charge in [-0.2, -0.15) is 0 Å². The maximum atomic E-state index is 3.72. The molecule has 0 aromatic carbocycles. The summed E-state index contributed by atoms with van der Waals surface area (Å²) < 4.78 is 0. The third-order valence-corrected chi connectivity index (χ3v) is 5.36. The predicted octanol–water partition coefficient (Wildman–Crippen LogP) is 3.91. The summed E-state index contributed by atoms with van der Waals surface area (Å²) in [5.41, 5.74) is 0.352. The molecule has 1 aliphatic carbocycles. The van der Waals surface area contributed by atoms with Crippen molar-refractivity contribution in [2.24, 2.45) is 11.3 Å². The summed E-state index contributed by atoms with van der Waals surface area (Å²) in [5.74, 6) is 0.925. The zero-order valence-corrected chi connectivity index (χ0v) is 14.3. The van der Waals surface area contributed by atoms with Crippen LogP contribution in [0.2, 0.25) is 0 Å². The Hall–Kier alpha value is -0.0800. The van der Waals surface area contributed by atoms with E-state index in [4.69, 9.17) is 0 Å². The van der Waals surface area contributed by atoms with E-state index in [0.29, 0.717) is 23.5 Å². The molecule has 0 aromatic rings. The lowest BCUT2D eigenvalue weighted by Gasteiger charge is -2.47. The molecule has 0 heterocycles. The van der Waals surface area contributed by atoms with Crippen molar-refractivity contribution < 1.29 is 0 Å². The van der Waals surface area contributed by atoms with Crippen LogP contribution in [-0.4, -0.2) is 36.6 Å². The number of nitrogens with one attached hydrogen (secondary N) is 1. The Bertz CT molecular complexity index is 256. The lowest BCUT2D eigenvalue weighted by atomic mass is 9.78. The van der Waals surface area contributed by atoms with Crippen molar-refractivity contribution in [3.63, 3.8) is 0 Å². The minimum atomic E-state index is 0.352. The second-order valence-electron chi connectivity index (χ2n) is 7.53. The van der Waals surface area contributed by atoms with Gasteiger partial charge in [0.25, 0.3) is 0 Å². The summed E-state index contributed by atoms with van der Waals surface area (Å²) in [5, 5.41) is 3.72. The maximum absolute atomic E-state index is 3.72. The van der Waals surface area contributed by atoms with Gasteiger partial charge in [-0.3, -0.25) is 4.90 Å². The maximum Gasteiger partial charge on any atom is 0.0251 e. The first-order chi connectivity index (χ1) is 8.81. The minimum Gasteiger partial charge on any atom is -0.313 e. The van der Waals surface area contributed by atoms with Crippen LogP contribution in [0.4, 0.5) is 0 Å². The van der Waals surface area contributed by atoms with Gasteiger partial charge in [0.05, 0.1) is 0 Å². The molecule has 4 unspecified atom stereocenters. The van der Waals surface area contributed by atoms with Gasteiger partial charge in [-0.05, 0) is 51.1 Å². The van der Waals surface area contributed by atoms with Crippen LogP contribution in [0, 0.1) is 11.3 Å². The molecule has 0 saturated heterocycles. The van der Waals surface area contributed by atoms with E-state index in [9.17, 15) is 0 Å². The molecule has 1 rings (SSSR count). The average molecular weight is 268 g/mol. The molecule has 114 valence electrons. The molecule has 0 bridgehead atoms. The first-order valence-corrected chi connectivity index (χ1v) is 8.26. The van der Waals surface area contributed by atoms with E-state index < -0.39 is 0 Å². The quantitative estimate of drug-likeness (QED) is 0.813. The summed E-state index contributed by atoms with van der Waals surface area (Å²) in [6.45, 7) is 15.1. The van der Waals surface area contributed by atoms with E-state index in [2.05, 4.69) is 58.8 Å². The minimum absolute atomic E-state index is 0.352. The third kappa shape index (κ3) is 4.46. The molecule has 0 radical (unpaired) electrons. The summed E-state index contributed by atoms with van der Waals surface area (Å²) in [6.07, 6.45) is 5.46. The first kappa shape index (κ1) is 17.0. The highest BCUT2D eigenvalue weighted by Crippen LogP contribution is 2.33. The van der Waals surface area contributed by atoms with E-state index in [1.54, 1.807) is 0 Å². The molecular weight excluding hydrogens is 232 g/mol. The van der Waals surface area contributed by atoms with E-state index >= 15 is 0 Å².